The number of aliphatic hydroxyl groups is 1. The molecule has 0 bridgehead atoms. The molecule has 0 spiro atoms. The number of alkyl halides is 3. The quantitative estimate of drug-likeness (QED) is 0.925. The molecule has 0 aliphatic carbocycles. The first-order valence-electron chi connectivity index (χ1n) is 6.35. The lowest BCUT2D eigenvalue weighted by Crippen LogP contribution is -2.13. The predicted molar refractivity (Wildman–Crippen MR) is 68.2 cm³/mol. The fraction of sp³-hybridized carbons (Fsp3) is 0.267. The molecule has 6 heteroatoms. The molecule has 0 amide bonds. The van der Waals surface area contributed by atoms with Crippen LogP contribution in [-0.4, -0.2) is 10.1 Å². The summed E-state index contributed by atoms with van der Waals surface area (Å²) >= 11 is 0. The number of hydrogen-bond donors (Lipinski definition) is 1. The molecule has 0 saturated carbocycles. The molecule has 3 nitrogen and oxygen atoms in total. The highest BCUT2D eigenvalue weighted by atomic mass is 19.4. The van der Waals surface area contributed by atoms with E-state index in [1.165, 1.54) is 0 Å². The Morgan fingerprint density at radius 3 is 2.67 bits per heavy atom. The zero-order valence-corrected chi connectivity index (χ0v) is 10.9. The Labute approximate surface area is 119 Å². The second-order valence-corrected chi connectivity index (χ2v) is 4.88. The van der Waals surface area contributed by atoms with E-state index in [-0.39, 0.29) is 5.56 Å². The highest BCUT2D eigenvalue weighted by molar-refractivity contribution is 5.40. The van der Waals surface area contributed by atoms with Crippen molar-refractivity contribution in [3.05, 3.63) is 64.5 Å². The summed E-state index contributed by atoms with van der Waals surface area (Å²) in [6.07, 6.45) is -3.78. The SMILES string of the molecule is OC(c1ccc2c(c1)COC2)c1cnccc1C(F)(F)F. The topological polar surface area (TPSA) is 42.4 Å². The van der Waals surface area contributed by atoms with E-state index in [0.717, 1.165) is 29.6 Å². The van der Waals surface area contributed by atoms with E-state index in [0.29, 0.717) is 18.8 Å². The van der Waals surface area contributed by atoms with Crippen molar-refractivity contribution in [2.75, 3.05) is 0 Å². The van der Waals surface area contributed by atoms with Crippen LogP contribution in [0.15, 0.2) is 36.7 Å². The van der Waals surface area contributed by atoms with Gasteiger partial charge in [0.15, 0.2) is 0 Å². The molecule has 1 aliphatic rings. The van der Waals surface area contributed by atoms with E-state index >= 15 is 0 Å². The molecular formula is C15H12F3NO2. The Hall–Kier alpha value is -1.92. The van der Waals surface area contributed by atoms with Gasteiger partial charge in [0, 0.05) is 18.0 Å². The molecule has 1 atom stereocenters. The number of pyridine rings is 1. The zero-order chi connectivity index (χ0) is 15.0. The van der Waals surface area contributed by atoms with E-state index in [1.54, 1.807) is 18.2 Å². The summed E-state index contributed by atoms with van der Waals surface area (Å²) in [4.78, 5) is 3.69. The molecule has 1 aromatic carbocycles. The predicted octanol–water partition coefficient (Wildman–Crippen LogP) is 3.21. The van der Waals surface area contributed by atoms with Crippen molar-refractivity contribution in [3.8, 4) is 0 Å². The van der Waals surface area contributed by atoms with Gasteiger partial charge >= 0.3 is 6.18 Å². The van der Waals surface area contributed by atoms with Gasteiger partial charge in [-0.05, 0) is 22.8 Å². The van der Waals surface area contributed by atoms with Crippen LogP contribution in [0.1, 0.15) is 33.9 Å². The Morgan fingerprint density at radius 2 is 1.90 bits per heavy atom. The van der Waals surface area contributed by atoms with Gasteiger partial charge in [-0.3, -0.25) is 4.98 Å². The Balaban J connectivity index is 2.01. The van der Waals surface area contributed by atoms with Crippen LogP contribution >= 0.6 is 0 Å². The lowest BCUT2D eigenvalue weighted by atomic mass is 9.96. The largest absolute Gasteiger partial charge is 0.416 e. The third kappa shape index (κ3) is 2.64. The van der Waals surface area contributed by atoms with E-state index < -0.39 is 17.8 Å². The van der Waals surface area contributed by atoms with E-state index in [9.17, 15) is 18.3 Å². The zero-order valence-electron chi connectivity index (χ0n) is 10.9. The molecule has 1 aromatic heterocycles. The molecule has 21 heavy (non-hydrogen) atoms. The number of ether oxygens (including phenoxy) is 1. The van der Waals surface area contributed by atoms with Gasteiger partial charge in [0.2, 0.25) is 0 Å². The highest BCUT2D eigenvalue weighted by Gasteiger charge is 2.35. The van der Waals surface area contributed by atoms with Gasteiger partial charge in [-0.25, -0.2) is 0 Å². The minimum absolute atomic E-state index is 0.246. The molecule has 2 heterocycles. The van der Waals surface area contributed by atoms with E-state index in [4.69, 9.17) is 4.74 Å². The van der Waals surface area contributed by atoms with Crippen LogP contribution in [0.3, 0.4) is 0 Å². The van der Waals surface area contributed by atoms with Gasteiger partial charge in [-0.2, -0.15) is 13.2 Å². The smallest absolute Gasteiger partial charge is 0.384 e. The van der Waals surface area contributed by atoms with E-state index in [1.807, 2.05) is 0 Å². The van der Waals surface area contributed by atoms with Crippen LogP contribution in [0.5, 0.6) is 0 Å². The molecule has 110 valence electrons. The molecule has 0 saturated heterocycles. The first-order chi connectivity index (χ1) is 9.97. The van der Waals surface area contributed by atoms with Gasteiger partial charge < -0.3 is 9.84 Å². The lowest BCUT2D eigenvalue weighted by Gasteiger charge is -2.17. The van der Waals surface area contributed by atoms with Crippen LogP contribution in [0.25, 0.3) is 0 Å². The summed E-state index contributed by atoms with van der Waals surface area (Å²) in [6.45, 7) is 0.904. The average Bonchev–Trinajstić information content (AvgIpc) is 2.93. The molecule has 3 rings (SSSR count). The maximum absolute atomic E-state index is 13.0. The summed E-state index contributed by atoms with van der Waals surface area (Å²) in [5.74, 6) is 0. The molecule has 1 aliphatic heterocycles. The third-order valence-electron chi connectivity index (χ3n) is 3.51. The number of nitrogens with zero attached hydrogens (tertiary/aromatic N) is 1. The molecular weight excluding hydrogens is 283 g/mol. The second kappa shape index (κ2) is 5.13. The van der Waals surface area contributed by atoms with E-state index in [2.05, 4.69) is 4.98 Å². The number of aromatic nitrogens is 1. The highest BCUT2D eigenvalue weighted by Crippen LogP contribution is 2.36. The minimum Gasteiger partial charge on any atom is -0.384 e. The molecule has 1 N–H and O–H groups in total. The summed E-state index contributed by atoms with van der Waals surface area (Å²) in [6, 6.07) is 5.94. The van der Waals surface area contributed by atoms with Crippen LogP contribution < -0.4 is 0 Å². The van der Waals surface area contributed by atoms with Crippen molar-refractivity contribution in [2.45, 2.75) is 25.5 Å². The van der Waals surface area contributed by atoms with Crippen LogP contribution in [0, 0.1) is 0 Å². The van der Waals surface area contributed by atoms with Crippen LogP contribution in [0.2, 0.25) is 0 Å². The van der Waals surface area contributed by atoms with Crippen molar-refractivity contribution >= 4 is 0 Å². The summed E-state index contributed by atoms with van der Waals surface area (Å²) < 4.78 is 44.2. The van der Waals surface area contributed by atoms with Crippen molar-refractivity contribution in [2.24, 2.45) is 0 Å². The summed E-state index contributed by atoms with van der Waals surface area (Å²) in [5, 5.41) is 10.3. The number of halogens is 3. The molecule has 1 unspecified atom stereocenters. The first-order valence-corrected chi connectivity index (χ1v) is 6.35. The molecule has 0 radical (unpaired) electrons. The van der Waals surface area contributed by atoms with Crippen molar-refractivity contribution in [3.63, 3.8) is 0 Å². The molecule has 2 aromatic rings. The van der Waals surface area contributed by atoms with Crippen molar-refractivity contribution in [1.29, 1.82) is 0 Å². The van der Waals surface area contributed by atoms with Gasteiger partial charge in [0.05, 0.1) is 18.8 Å². The minimum atomic E-state index is -4.53. The number of hydrogen-bond acceptors (Lipinski definition) is 3. The fourth-order valence-electron chi connectivity index (χ4n) is 2.42. The summed E-state index contributed by atoms with van der Waals surface area (Å²) in [7, 11) is 0. The maximum Gasteiger partial charge on any atom is 0.416 e. The number of benzene rings is 1. The lowest BCUT2D eigenvalue weighted by molar-refractivity contribution is -0.139. The number of rotatable bonds is 2. The van der Waals surface area contributed by atoms with Crippen LogP contribution in [0.4, 0.5) is 13.2 Å². The van der Waals surface area contributed by atoms with Crippen molar-refractivity contribution in [1.82, 2.24) is 4.98 Å². The fourth-order valence-corrected chi connectivity index (χ4v) is 2.42. The van der Waals surface area contributed by atoms with Gasteiger partial charge in [0.25, 0.3) is 0 Å². The summed E-state index contributed by atoms with van der Waals surface area (Å²) in [5.41, 5.74) is 1.17. The standard InChI is InChI=1S/C15H12F3NO2/c16-15(17,18)13-3-4-19-6-12(13)14(20)9-1-2-10-7-21-8-11(10)5-9/h1-6,14,20H,7-8H2. The Morgan fingerprint density at radius 1 is 1.14 bits per heavy atom. The third-order valence-corrected chi connectivity index (χ3v) is 3.51. The van der Waals surface area contributed by atoms with Gasteiger partial charge in [-0.1, -0.05) is 18.2 Å². The number of aliphatic hydroxyl groups excluding tert-OH is 1. The maximum atomic E-state index is 13.0. The van der Waals surface area contributed by atoms with Crippen molar-refractivity contribution < 1.29 is 23.0 Å². The normalized spacial score (nSPS) is 15.8. The Kier molecular flexibility index (Phi) is 3.43. The van der Waals surface area contributed by atoms with Gasteiger partial charge in [-0.15, -0.1) is 0 Å². The monoisotopic (exact) mass is 295 g/mol. The molecule has 0 fully saturated rings. The first kappa shape index (κ1) is 14.0. The van der Waals surface area contributed by atoms with Crippen LogP contribution in [-0.2, 0) is 24.1 Å². The average molecular weight is 295 g/mol. The number of fused-ring (bicyclic) bond motifs is 1. The van der Waals surface area contributed by atoms with Gasteiger partial charge in [0.1, 0.15) is 6.10 Å². The Bertz CT molecular complexity index is 670. The second-order valence-electron chi connectivity index (χ2n) is 4.88.